The number of thioether (sulfide) groups is 1. The second-order valence-electron chi connectivity index (χ2n) is 3.12. The number of ether oxygens (including phenoxy) is 1. The minimum absolute atomic E-state index is 0.146. The van der Waals surface area contributed by atoms with Crippen molar-refractivity contribution in [1.82, 2.24) is 15.2 Å². The normalized spacial score (nSPS) is 11.6. The second-order valence-corrected chi connectivity index (χ2v) is 4.15. The minimum Gasteiger partial charge on any atom is -0.372 e. The number of hydrogen-bond donors (Lipinski definition) is 2. The maximum Gasteiger partial charge on any atom is 0.449 e. The molecule has 0 spiro atoms. The van der Waals surface area contributed by atoms with Crippen LogP contribution in [0.1, 0.15) is 13.3 Å². The Bertz CT molecular complexity index is 396. The molecule has 1 aromatic rings. The lowest BCUT2D eigenvalue weighted by atomic mass is 10.5. The van der Waals surface area contributed by atoms with Crippen molar-refractivity contribution in [2.45, 2.75) is 24.0 Å². The van der Waals surface area contributed by atoms with Gasteiger partial charge >= 0.3 is 5.51 Å². The molecule has 0 unspecified atom stereocenters. The lowest BCUT2D eigenvalue weighted by molar-refractivity contribution is -0.120. The fraction of sp³-hybridized carbons (Fsp3) is 0.625. The zero-order valence-electron chi connectivity index (χ0n) is 9.37. The molecule has 0 saturated carbocycles. The van der Waals surface area contributed by atoms with Gasteiger partial charge in [-0.1, -0.05) is 6.92 Å². The van der Waals surface area contributed by atoms with Gasteiger partial charge in [0.2, 0.25) is 11.1 Å². The second kappa shape index (κ2) is 6.59. The number of amides is 1. The summed E-state index contributed by atoms with van der Waals surface area (Å²) in [4.78, 5) is 14.7. The Morgan fingerprint density at radius 3 is 2.89 bits per heavy atom. The van der Waals surface area contributed by atoms with E-state index < -0.39 is 28.3 Å². The smallest absolute Gasteiger partial charge is 0.372 e. The summed E-state index contributed by atoms with van der Waals surface area (Å²) in [6.45, 7) is 2.13. The molecule has 10 heteroatoms. The highest BCUT2D eigenvalue weighted by Crippen LogP contribution is 2.34. The summed E-state index contributed by atoms with van der Waals surface area (Å²) in [5.41, 5.74) is -4.46. The molecule has 0 saturated heterocycles. The minimum atomic E-state index is -4.46. The molecular formula is C8H11F3N4O2S. The van der Waals surface area contributed by atoms with Crippen LogP contribution in [0.25, 0.3) is 0 Å². The van der Waals surface area contributed by atoms with Crippen molar-refractivity contribution in [3.05, 3.63) is 0 Å². The van der Waals surface area contributed by atoms with Gasteiger partial charge in [-0.3, -0.25) is 10.1 Å². The number of alkyl halides is 3. The predicted octanol–water partition coefficient (Wildman–Crippen LogP) is 1.78. The number of carbonyl (C=O) groups is 1. The van der Waals surface area contributed by atoms with E-state index in [0.717, 1.165) is 6.42 Å². The molecule has 0 fully saturated rings. The van der Waals surface area contributed by atoms with Crippen molar-refractivity contribution in [3.8, 4) is 0 Å². The van der Waals surface area contributed by atoms with Crippen molar-refractivity contribution in [3.63, 3.8) is 0 Å². The van der Waals surface area contributed by atoms with Gasteiger partial charge in [0.25, 0.3) is 5.91 Å². The van der Waals surface area contributed by atoms with E-state index in [2.05, 4.69) is 20.5 Å². The first-order chi connectivity index (χ1) is 8.40. The molecule has 2 N–H and O–H groups in total. The van der Waals surface area contributed by atoms with Crippen LogP contribution < -0.4 is 5.32 Å². The first-order valence-corrected chi connectivity index (χ1v) is 5.78. The monoisotopic (exact) mass is 284 g/mol. The molecule has 1 rings (SSSR count). The van der Waals surface area contributed by atoms with E-state index in [1.54, 1.807) is 0 Å². The molecule has 0 aromatic carbocycles. The number of anilines is 1. The van der Waals surface area contributed by atoms with E-state index in [-0.39, 0.29) is 12.6 Å². The average Bonchev–Trinajstić information content (AvgIpc) is 2.63. The van der Waals surface area contributed by atoms with E-state index >= 15 is 0 Å². The number of hydrogen-bond acceptors (Lipinski definition) is 5. The summed E-state index contributed by atoms with van der Waals surface area (Å²) >= 11 is -0.466. The SMILES string of the molecule is CCCOCC(=O)Nc1nc(SC(F)(F)F)n[nH]1. The molecule has 18 heavy (non-hydrogen) atoms. The van der Waals surface area contributed by atoms with Gasteiger partial charge in [0.05, 0.1) is 0 Å². The third-order valence-electron chi connectivity index (χ3n) is 1.51. The molecule has 6 nitrogen and oxygen atoms in total. The molecule has 0 aliphatic heterocycles. The van der Waals surface area contributed by atoms with E-state index in [9.17, 15) is 18.0 Å². The Morgan fingerprint density at radius 2 is 2.28 bits per heavy atom. The summed E-state index contributed by atoms with van der Waals surface area (Å²) in [6, 6.07) is 0. The van der Waals surface area contributed by atoms with Crippen molar-refractivity contribution < 1.29 is 22.7 Å². The maximum absolute atomic E-state index is 12.0. The quantitative estimate of drug-likeness (QED) is 0.615. The number of halogens is 3. The summed E-state index contributed by atoms with van der Waals surface area (Å²) in [7, 11) is 0. The van der Waals surface area contributed by atoms with Crippen LogP contribution in [0.4, 0.5) is 19.1 Å². The molecule has 0 bridgehead atoms. The highest BCUT2D eigenvalue weighted by molar-refractivity contribution is 8.00. The summed E-state index contributed by atoms with van der Waals surface area (Å²) < 4.78 is 40.9. The van der Waals surface area contributed by atoms with Crippen molar-refractivity contribution in [2.75, 3.05) is 18.5 Å². The molecule has 102 valence electrons. The van der Waals surface area contributed by atoms with Gasteiger partial charge in [-0.2, -0.15) is 18.2 Å². The van der Waals surface area contributed by atoms with Crippen LogP contribution in [0, 0.1) is 0 Å². The van der Waals surface area contributed by atoms with E-state index in [0.29, 0.717) is 6.61 Å². The van der Waals surface area contributed by atoms with Gasteiger partial charge in [-0.05, 0) is 6.42 Å². The topological polar surface area (TPSA) is 79.9 Å². The third kappa shape index (κ3) is 5.87. The molecule has 0 aliphatic carbocycles. The number of H-pyrrole nitrogens is 1. The average molecular weight is 284 g/mol. The molecule has 1 amide bonds. The Morgan fingerprint density at radius 1 is 1.56 bits per heavy atom. The molecule has 0 radical (unpaired) electrons. The van der Waals surface area contributed by atoms with Gasteiger partial charge in [-0.15, -0.1) is 5.10 Å². The molecule has 0 aliphatic rings. The summed E-state index contributed by atoms with van der Waals surface area (Å²) in [5.74, 6) is -0.657. The van der Waals surface area contributed by atoms with Crippen molar-refractivity contribution >= 4 is 23.6 Å². The largest absolute Gasteiger partial charge is 0.449 e. The number of aromatic nitrogens is 3. The highest BCUT2D eigenvalue weighted by atomic mass is 32.2. The Hall–Kier alpha value is -1.29. The predicted molar refractivity (Wildman–Crippen MR) is 58.0 cm³/mol. The third-order valence-corrected chi connectivity index (χ3v) is 2.11. The Balaban J connectivity index is 2.41. The zero-order valence-corrected chi connectivity index (χ0v) is 10.2. The van der Waals surface area contributed by atoms with Crippen molar-refractivity contribution in [1.29, 1.82) is 0 Å². The number of nitrogens with zero attached hydrogens (tertiary/aromatic N) is 2. The zero-order chi connectivity index (χ0) is 13.6. The Kier molecular flexibility index (Phi) is 5.41. The molecule has 1 heterocycles. The lowest BCUT2D eigenvalue weighted by Crippen LogP contribution is -2.19. The number of carbonyl (C=O) groups excluding carboxylic acids is 1. The first-order valence-electron chi connectivity index (χ1n) is 4.96. The van der Waals surface area contributed by atoms with E-state index in [1.165, 1.54) is 0 Å². The van der Waals surface area contributed by atoms with Crippen LogP contribution >= 0.6 is 11.8 Å². The van der Waals surface area contributed by atoms with Crippen LogP contribution in [-0.2, 0) is 9.53 Å². The number of aromatic amines is 1. The van der Waals surface area contributed by atoms with E-state index in [1.807, 2.05) is 6.92 Å². The van der Waals surface area contributed by atoms with Gasteiger partial charge < -0.3 is 4.74 Å². The van der Waals surface area contributed by atoms with Gasteiger partial charge in [0.1, 0.15) is 6.61 Å². The maximum atomic E-state index is 12.0. The van der Waals surface area contributed by atoms with Crippen LogP contribution in [0.2, 0.25) is 0 Å². The lowest BCUT2D eigenvalue weighted by Gasteiger charge is -2.02. The number of nitrogens with one attached hydrogen (secondary N) is 2. The Labute approximate surface area is 105 Å². The fourth-order valence-corrected chi connectivity index (χ4v) is 1.36. The van der Waals surface area contributed by atoms with Gasteiger partial charge in [0, 0.05) is 18.4 Å². The molecular weight excluding hydrogens is 273 g/mol. The molecule has 1 aromatic heterocycles. The van der Waals surface area contributed by atoms with Crippen LogP contribution in [0.15, 0.2) is 5.16 Å². The first kappa shape index (κ1) is 14.8. The van der Waals surface area contributed by atoms with Crippen LogP contribution in [-0.4, -0.2) is 39.8 Å². The summed E-state index contributed by atoms with van der Waals surface area (Å²) in [5, 5.41) is 7.21. The van der Waals surface area contributed by atoms with Gasteiger partial charge in [-0.25, -0.2) is 5.10 Å². The van der Waals surface area contributed by atoms with Crippen LogP contribution in [0.3, 0.4) is 0 Å². The fourth-order valence-electron chi connectivity index (χ4n) is 0.929. The van der Waals surface area contributed by atoms with E-state index in [4.69, 9.17) is 4.74 Å². The van der Waals surface area contributed by atoms with Gasteiger partial charge in [0.15, 0.2) is 0 Å². The highest BCUT2D eigenvalue weighted by Gasteiger charge is 2.31. The summed E-state index contributed by atoms with van der Waals surface area (Å²) in [6.07, 6.45) is 0.766. The van der Waals surface area contributed by atoms with Crippen molar-refractivity contribution in [2.24, 2.45) is 0 Å². The van der Waals surface area contributed by atoms with Crippen LogP contribution in [0.5, 0.6) is 0 Å². The molecule has 0 atom stereocenters. The number of rotatable bonds is 6. The standard InChI is InChI=1S/C8H11F3N4O2S/c1-2-3-17-4-5(16)12-6-13-7(15-14-6)18-8(9,10)11/h2-4H2,1H3,(H2,12,13,14,15,16).